The molecule has 0 unspecified atom stereocenters. The number of ether oxygens (including phenoxy) is 2. The fourth-order valence-electron chi connectivity index (χ4n) is 3.36. The number of halogens is 1. The number of nitrogens with one attached hydrogen (secondary N) is 2. The molecule has 7 nitrogen and oxygen atoms in total. The van der Waals surface area contributed by atoms with E-state index in [1.807, 2.05) is 52.0 Å². The summed E-state index contributed by atoms with van der Waals surface area (Å²) < 4.78 is 11.6. The average Bonchev–Trinajstić information content (AvgIpc) is 3.45. The second-order valence-corrected chi connectivity index (χ2v) is 24.4. The molecule has 2 N–H and O–H groups in total. The Balaban J connectivity index is 0.000000276. The number of nitriles is 1. The standard InChI is InChI=1S/C9H7N3.C8H7BrN2.2C7H18OSi/c1-6-8-4-7(5-10)2-3-9(8)12-11-6;1-5-7-4-6(9)2-3-8(7)11-10-5;2*1-5-8-6-7-9(2,3)4/h2-4H,1H3,(H,11,12);2-4H,1H3,(H,10,11);2*5-7H2,1-4H3. The Bertz CT molecular complexity index is 1330. The van der Waals surface area contributed by atoms with Gasteiger partial charge in [-0.25, -0.2) is 0 Å². The highest BCUT2D eigenvalue weighted by atomic mass is 79.9. The number of fused-ring (bicyclic) bond motifs is 2. The van der Waals surface area contributed by atoms with E-state index in [0.717, 1.165) is 58.7 Å². The van der Waals surface area contributed by atoms with Gasteiger partial charge < -0.3 is 9.47 Å². The van der Waals surface area contributed by atoms with Gasteiger partial charge >= 0.3 is 0 Å². The Morgan fingerprint density at radius 2 is 1.20 bits per heavy atom. The third-order valence-corrected chi connectivity index (χ3v) is 9.88. The molecule has 41 heavy (non-hydrogen) atoms. The van der Waals surface area contributed by atoms with Crippen molar-refractivity contribution in [3.63, 3.8) is 0 Å². The first kappa shape index (κ1) is 36.7. The maximum absolute atomic E-state index is 8.64. The number of rotatable bonds is 8. The Labute approximate surface area is 257 Å². The number of aromatic nitrogens is 4. The highest BCUT2D eigenvalue weighted by Crippen LogP contribution is 2.20. The fraction of sp³-hybridized carbons (Fsp3) is 0.516. The minimum atomic E-state index is -0.819. The second-order valence-electron chi connectivity index (χ2n) is 12.2. The van der Waals surface area contributed by atoms with Crippen molar-refractivity contribution in [2.75, 3.05) is 26.4 Å². The molecule has 226 valence electrons. The summed E-state index contributed by atoms with van der Waals surface area (Å²) in [4.78, 5) is 0. The van der Waals surface area contributed by atoms with Gasteiger partial charge in [-0.2, -0.15) is 15.5 Å². The Kier molecular flexibility index (Phi) is 16.4. The Morgan fingerprint density at radius 1 is 0.756 bits per heavy atom. The summed E-state index contributed by atoms with van der Waals surface area (Å²) in [7, 11) is -1.64. The summed E-state index contributed by atoms with van der Waals surface area (Å²) >= 11 is 3.41. The molecule has 2 aromatic heterocycles. The van der Waals surface area contributed by atoms with E-state index in [9.17, 15) is 0 Å². The highest BCUT2D eigenvalue weighted by Gasteiger charge is 2.12. The average molecular weight is 661 g/mol. The molecule has 4 aromatic rings. The zero-order valence-electron chi connectivity index (χ0n) is 26.7. The fourth-order valence-corrected chi connectivity index (χ4v) is 5.24. The molecule has 0 fully saturated rings. The van der Waals surface area contributed by atoms with E-state index >= 15 is 0 Å². The van der Waals surface area contributed by atoms with Crippen molar-refractivity contribution in [2.45, 2.75) is 79.1 Å². The van der Waals surface area contributed by atoms with E-state index in [1.54, 1.807) is 6.07 Å². The lowest BCUT2D eigenvalue weighted by Crippen LogP contribution is -2.21. The first-order chi connectivity index (χ1) is 19.2. The van der Waals surface area contributed by atoms with Crippen LogP contribution in [0.5, 0.6) is 0 Å². The van der Waals surface area contributed by atoms with Crippen molar-refractivity contribution >= 4 is 53.9 Å². The van der Waals surface area contributed by atoms with Gasteiger partial charge in [0.25, 0.3) is 0 Å². The summed E-state index contributed by atoms with van der Waals surface area (Å²) in [6.45, 7) is 25.9. The van der Waals surface area contributed by atoms with Crippen LogP contribution in [-0.4, -0.2) is 63.0 Å². The van der Waals surface area contributed by atoms with Gasteiger partial charge in [-0.05, 0) is 76.2 Å². The molecule has 2 heterocycles. The minimum Gasteiger partial charge on any atom is -0.382 e. The Hall–Kier alpha value is -2.30. The SMILES string of the molecule is CCOCC[Si](C)(C)C.CCOCC[Si](C)(C)C.Cc1[nH]nc2ccc(Br)cc12.Cc1[nH]nc2ccc(C#N)cc12. The van der Waals surface area contributed by atoms with Crippen LogP contribution >= 0.6 is 15.9 Å². The normalized spacial score (nSPS) is 11.1. The zero-order chi connectivity index (χ0) is 31.1. The van der Waals surface area contributed by atoms with Gasteiger partial charge in [0.05, 0.1) is 22.7 Å². The molecule has 0 aliphatic heterocycles. The lowest BCUT2D eigenvalue weighted by Gasteiger charge is -2.14. The van der Waals surface area contributed by atoms with Crippen LogP contribution in [-0.2, 0) is 9.47 Å². The molecule has 4 rings (SSSR count). The van der Waals surface area contributed by atoms with Gasteiger partial charge in [-0.3, -0.25) is 10.2 Å². The number of nitrogens with zero attached hydrogens (tertiary/aromatic N) is 3. The van der Waals surface area contributed by atoms with E-state index in [0.29, 0.717) is 5.56 Å². The second kappa shape index (κ2) is 18.3. The van der Waals surface area contributed by atoms with Crippen LogP contribution < -0.4 is 0 Å². The third kappa shape index (κ3) is 15.5. The van der Waals surface area contributed by atoms with Crippen LogP contribution in [0.1, 0.15) is 30.8 Å². The number of H-pyrrole nitrogens is 2. The molecule has 0 spiro atoms. The van der Waals surface area contributed by atoms with Gasteiger partial charge in [0, 0.05) is 69.2 Å². The lowest BCUT2D eigenvalue weighted by molar-refractivity contribution is 0.161. The van der Waals surface area contributed by atoms with Crippen molar-refractivity contribution in [2.24, 2.45) is 0 Å². The quantitative estimate of drug-likeness (QED) is 0.145. The summed E-state index contributed by atoms with van der Waals surface area (Å²) in [5.74, 6) is 0. The van der Waals surface area contributed by atoms with Crippen LogP contribution in [0.2, 0.25) is 51.4 Å². The van der Waals surface area contributed by atoms with Gasteiger partial charge in [0.15, 0.2) is 0 Å². The molecule has 0 aliphatic rings. The predicted octanol–water partition coefficient (Wildman–Crippen LogP) is 9.10. The van der Waals surface area contributed by atoms with Crippen LogP contribution in [0.4, 0.5) is 0 Å². The van der Waals surface area contributed by atoms with Crippen molar-refractivity contribution in [3.8, 4) is 6.07 Å². The molecule has 0 atom stereocenters. The zero-order valence-corrected chi connectivity index (χ0v) is 30.3. The molecule has 0 saturated heterocycles. The van der Waals surface area contributed by atoms with Gasteiger partial charge in [0.1, 0.15) is 0 Å². The van der Waals surface area contributed by atoms with Crippen molar-refractivity contribution in [1.82, 2.24) is 20.4 Å². The van der Waals surface area contributed by atoms with E-state index in [-0.39, 0.29) is 0 Å². The summed E-state index contributed by atoms with van der Waals surface area (Å²) in [5.41, 5.74) is 4.72. The first-order valence-electron chi connectivity index (χ1n) is 14.3. The van der Waals surface area contributed by atoms with Crippen LogP contribution in [0.3, 0.4) is 0 Å². The van der Waals surface area contributed by atoms with E-state index in [4.69, 9.17) is 14.7 Å². The molecular weight excluding hydrogens is 610 g/mol. The summed E-state index contributed by atoms with van der Waals surface area (Å²) in [5, 5.41) is 24.8. The number of benzene rings is 2. The van der Waals surface area contributed by atoms with E-state index in [2.05, 4.69) is 87.7 Å². The molecule has 0 amide bonds. The van der Waals surface area contributed by atoms with E-state index < -0.39 is 16.1 Å². The largest absolute Gasteiger partial charge is 0.382 e. The topological polar surface area (TPSA) is 99.6 Å². The highest BCUT2D eigenvalue weighted by molar-refractivity contribution is 9.10. The molecule has 0 radical (unpaired) electrons. The van der Waals surface area contributed by atoms with Crippen molar-refractivity contribution < 1.29 is 9.47 Å². The first-order valence-corrected chi connectivity index (χ1v) is 22.5. The summed E-state index contributed by atoms with van der Waals surface area (Å²) in [6, 6.07) is 16.2. The monoisotopic (exact) mass is 659 g/mol. The number of aryl methyl sites for hydroxylation is 2. The molecule has 0 bridgehead atoms. The number of hydrogen-bond acceptors (Lipinski definition) is 5. The van der Waals surface area contributed by atoms with Crippen molar-refractivity contribution in [1.29, 1.82) is 5.26 Å². The third-order valence-electron chi connectivity index (χ3n) is 5.98. The molecule has 10 heteroatoms. The van der Waals surface area contributed by atoms with Crippen molar-refractivity contribution in [3.05, 3.63) is 57.8 Å². The smallest absolute Gasteiger partial charge is 0.0991 e. The maximum Gasteiger partial charge on any atom is 0.0991 e. The van der Waals surface area contributed by atoms with Gasteiger partial charge in [-0.1, -0.05) is 55.2 Å². The number of hydrogen-bond donors (Lipinski definition) is 2. The Morgan fingerprint density at radius 3 is 1.61 bits per heavy atom. The van der Waals surface area contributed by atoms with Crippen LogP contribution in [0.25, 0.3) is 21.8 Å². The predicted molar refractivity (Wildman–Crippen MR) is 183 cm³/mol. The van der Waals surface area contributed by atoms with Crippen LogP contribution in [0, 0.1) is 25.2 Å². The minimum absolute atomic E-state index is 0.673. The summed E-state index contributed by atoms with van der Waals surface area (Å²) in [6.07, 6.45) is 0. The van der Waals surface area contributed by atoms with Crippen LogP contribution in [0.15, 0.2) is 40.9 Å². The maximum atomic E-state index is 8.64. The van der Waals surface area contributed by atoms with E-state index in [1.165, 1.54) is 17.5 Å². The molecular formula is C31H50BrN5O2Si2. The van der Waals surface area contributed by atoms with Gasteiger partial charge in [0.2, 0.25) is 0 Å². The van der Waals surface area contributed by atoms with Gasteiger partial charge in [-0.15, -0.1) is 0 Å². The lowest BCUT2D eigenvalue weighted by atomic mass is 10.1. The molecule has 2 aromatic carbocycles. The molecule has 0 saturated carbocycles. The number of aromatic amines is 2. The molecule has 0 aliphatic carbocycles.